The molecular formula is C23H28ClN3O. The first-order chi connectivity index (χ1) is 13.6. The molecule has 148 valence electrons. The summed E-state index contributed by atoms with van der Waals surface area (Å²) in [5.41, 5.74) is 5.08. The molecule has 1 unspecified atom stereocenters. The van der Waals surface area contributed by atoms with E-state index in [-0.39, 0.29) is 11.9 Å². The van der Waals surface area contributed by atoms with Gasteiger partial charge in [0.2, 0.25) is 5.91 Å². The van der Waals surface area contributed by atoms with E-state index in [0.717, 1.165) is 31.6 Å². The van der Waals surface area contributed by atoms with Gasteiger partial charge in [-0.05, 0) is 67.2 Å². The standard InChI is InChI=1S/C23H28ClN3O/c1-26-13-10-19-15-18(6-9-21(19)26)22(27-11-2-3-12-27)16-25-23(28)14-17-4-7-20(24)8-5-17/h4-9,15,22H,2-3,10-14,16H2,1H3,(H,25,28). The van der Waals surface area contributed by atoms with Crippen molar-refractivity contribution >= 4 is 23.2 Å². The van der Waals surface area contributed by atoms with Gasteiger partial charge in [-0.15, -0.1) is 0 Å². The molecule has 5 heteroatoms. The lowest BCUT2D eigenvalue weighted by Crippen LogP contribution is -2.37. The lowest BCUT2D eigenvalue weighted by molar-refractivity contribution is -0.120. The molecule has 0 radical (unpaired) electrons. The fourth-order valence-corrected chi connectivity index (χ4v) is 4.49. The van der Waals surface area contributed by atoms with E-state index >= 15 is 0 Å². The zero-order valence-electron chi connectivity index (χ0n) is 16.5. The Morgan fingerprint density at radius 1 is 1.11 bits per heavy atom. The molecule has 0 bridgehead atoms. The third-order valence-electron chi connectivity index (χ3n) is 5.97. The van der Waals surface area contributed by atoms with Crippen molar-refractivity contribution < 1.29 is 4.79 Å². The van der Waals surface area contributed by atoms with E-state index in [4.69, 9.17) is 11.6 Å². The number of halogens is 1. The Hall–Kier alpha value is -2.04. The van der Waals surface area contributed by atoms with E-state index in [0.29, 0.717) is 18.0 Å². The summed E-state index contributed by atoms with van der Waals surface area (Å²) in [6.07, 6.45) is 3.97. The molecule has 1 fully saturated rings. The lowest BCUT2D eigenvalue weighted by Gasteiger charge is -2.29. The summed E-state index contributed by atoms with van der Waals surface area (Å²) in [6, 6.07) is 14.6. The van der Waals surface area contributed by atoms with Gasteiger partial charge in [-0.3, -0.25) is 9.69 Å². The van der Waals surface area contributed by atoms with Crippen LogP contribution in [0, 0.1) is 0 Å². The number of benzene rings is 2. The van der Waals surface area contributed by atoms with Crippen LogP contribution < -0.4 is 10.2 Å². The minimum Gasteiger partial charge on any atom is -0.374 e. The average molecular weight is 398 g/mol. The number of amides is 1. The smallest absolute Gasteiger partial charge is 0.224 e. The summed E-state index contributed by atoms with van der Waals surface area (Å²) in [7, 11) is 2.15. The van der Waals surface area contributed by atoms with Gasteiger partial charge in [-0.1, -0.05) is 35.9 Å². The summed E-state index contributed by atoms with van der Waals surface area (Å²) >= 11 is 5.93. The van der Waals surface area contributed by atoms with Crippen molar-refractivity contribution in [2.45, 2.75) is 31.7 Å². The Kier molecular flexibility index (Phi) is 5.88. The van der Waals surface area contributed by atoms with Crippen molar-refractivity contribution in [2.75, 3.05) is 38.1 Å². The Labute approximate surface area is 172 Å². The van der Waals surface area contributed by atoms with Gasteiger partial charge >= 0.3 is 0 Å². The van der Waals surface area contributed by atoms with Crippen LogP contribution in [-0.4, -0.2) is 44.0 Å². The van der Waals surface area contributed by atoms with Crippen LogP contribution >= 0.6 is 11.6 Å². The first-order valence-electron chi connectivity index (χ1n) is 10.2. The Bertz CT molecular complexity index is 830. The number of carbonyl (C=O) groups is 1. The number of nitrogens with one attached hydrogen (secondary N) is 1. The zero-order chi connectivity index (χ0) is 19.5. The highest BCUT2D eigenvalue weighted by Gasteiger charge is 2.26. The highest BCUT2D eigenvalue weighted by atomic mass is 35.5. The summed E-state index contributed by atoms with van der Waals surface area (Å²) < 4.78 is 0. The van der Waals surface area contributed by atoms with Gasteiger partial charge < -0.3 is 10.2 Å². The number of hydrogen-bond donors (Lipinski definition) is 1. The van der Waals surface area contributed by atoms with Crippen LogP contribution in [0.3, 0.4) is 0 Å². The van der Waals surface area contributed by atoms with Gasteiger partial charge in [0, 0.05) is 30.8 Å². The van der Waals surface area contributed by atoms with Crippen molar-refractivity contribution in [1.82, 2.24) is 10.2 Å². The molecule has 2 aliphatic heterocycles. The van der Waals surface area contributed by atoms with E-state index in [1.807, 2.05) is 24.3 Å². The van der Waals surface area contributed by atoms with Crippen LogP contribution in [0.4, 0.5) is 5.69 Å². The Morgan fingerprint density at radius 3 is 2.61 bits per heavy atom. The van der Waals surface area contributed by atoms with E-state index < -0.39 is 0 Å². The number of likely N-dealkylation sites (N-methyl/N-ethyl adjacent to an activating group) is 1. The van der Waals surface area contributed by atoms with Gasteiger partial charge in [-0.2, -0.15) is 0 Å². The third kappa shape index (κ3) is 4.34. The van der Waals surface area contributed by atoms with Crippen molar-refractivity contribution in [3.63, 3.8) is 0 Å². The summed E-state index contributed by atoms with van der Waals surface area (Å²) in [4.78, 5) is 17.3. The molecule has 1 N–H and O–H groups in total. The number of carbonyl (C=O) groups excluding carboxylic acids is 1. The number of anilines is 1. The maximum absolute atomic E-state index is 12.5. The highest BCUT2D eigenvalue weighted by molar-refractivity contribution is 6.30. The molecule has 1 saturated heterocycles. The fraction of sp³-hybridized carbons (Fsp3) is 0.435. The first kappa shape index (κ1) is 19.3. The van der Waals surface area contributed by atoms with Crippen LogP contribution in [0.2, 0.25) is 5.02 Å². The topological polar surface area (TPSA) is 35.6 Å². The first-order valence-corrected chi connectivity index (χ1v) is 10.6. The molecule has 4 rings (SSSR count). The van der Waals surface area contributed by atoms with Gasteiger partial charge in [-0.25, -0.2) is 0 Å². The maximum Gasteiger partial charge on any atom is 0.224 e. The molecule has 0 spiro atoms. The predicted octanol–water partition coefficient (Wildman–Crippen LogP) is 3.83. The summed E-state index contributed by atoms with van der Waals surface area (Å²) in [5.74, 6) is 0.0624. The van der Waals surface area contributed by atoms with E-state index in [1.54, 1.807) is 0 Å². The van der Waals surface area contributed by atoms with Crippen LogP contribution in [0.1, 0.15) is 35.6 Å². The SMILES string of the molecule is CN1CCc2cc(C(CNC(=O)Cc3ccc(Cl)cc3)N3CCCC3)ccc21. The summed E-state index contributed by atoms with van der Waals surface area (Å²) in [5, 5.41) is 3.87. The minimum atomic E-state index is 0.0624. The Balaban J connectivity index is 1.45. The molecule has 28 heavy (non-hydrogen) atoms. The summed E-state index contributed by atoms with van der Waals surface area (Å²) in [6.45, 7) is 3.95. The van der Waals surface area contributed by atoms with E-state index in [1.165, 1.54) is 29.7 Å². The van der Waals surface area contributed by atoms with Gasteiger partial charge in [0.15, 0.2) is 0 Å². The fourth-order valence-electron chi connectivity index (χ4n) is 4.37. The number of rotatable bonds is 6. The normalized spacial score (nSPS) is 17.6. The molecule has 1 amide bonds. The van der Waals surface area contributed by atoms with E-state index in [2.05, 4.69) is 40.4 Å². The predicted molar refractivity (Wildman–Crippen MR) is 115 cm³/mol. The second kappa shape index (κ2) is 8.54. The van der Waals surface area contributed by atoms with Crippen molar-refractivity contribution in [2.24, 2.45) is 0 Å². The second-order valence-electron chi connectivity index (χ2n) is 7.93. The van der Waals surface area contributed by atoms with Crippen molar-refractivity contribution in [3.05, 3.63) is 64.2 Å². The van der Waals surface area contributed by atoms with Gasteiger partial charge in [0.25, 0.3) is 0 Å². The van der Waals surface area contributed by atoms with Crippen LogP contribution in [-0.2, 0) is 17.6 Å². The molecule has 2 aromatic rings. The van der Waals surface area contributed by atoms with Crippen LogP contribution in [0.5, 0.6) is 0 Å². The number of likely N-dealkylation sites (tertiary alicyclic amines) is 1. The molecule has 0 saturated carbocycles. The third-order valence-corrected chi connectivity index (χ3v) is 6.22. The molecule has 1 atom stereocenters. The molecule has 0 aromatic heterocycles. The lowest BCUT2D eigenvalue weighted by atomic mass is 10.0. The quantitative estimate of drug-likeness (QED) is 0.804. The van der Waals surface area contributed by atoms with Gasteiger partial charge in [0.1, 0.15) is 0 Å². The zero-order valence-corrected chi connectivity index (χ0v) is 17.2. The van der Waals surface area contributed by atoms with Crippen molar-refractivity contribution in [3.8, 4) is 0 Å². The second-order valence-corrected chi connectivity index (χ2v) is 8.36. The molecule has 4 nitrogen and oxygen atoms in total. The largest absolute Gasteiger partial charge is 0.374 e. The number of hydrogen-bond acceptors (Lipinski definition) is 3. The van der Waals surface area contributed by atoms with Gasteiger partial charge in [0.05, 0.1) is 12.5 Å². The number of nitrogens with zero attached hydrogens (tertiary/aromatic N) is 2. The number of fused-ring (bicyclic) bond motifs is 1. The van der Waals surface area contributed by atoms with Crippen LogP contribution in [0.15, 0.2) is 42.5 Å². The maximum atomic E-state index is 12.5. The highest BCUT2D eigenvalue weighted by Crippen LogP contribution is 2.32. The molecule has 2 aliphatic rings. The molecule has 0 aliphatic carbocycles. The van der Waals surface area contributed by atoms with Crippen molar-refractivity contribution in [1.29, 1.82) is 0 Å². The molecule has 2 heterocycles. The average Bonchev–Trinajstić information content (AvgIpc) is 3.34. The molecule has 2 aromatic carbocycles. The van der Waals surface area contributed by atoms with Crippen LogP contribution in [0.25, 0.3) is 0 Å². The minimum absolute atomic E-state index is 0.0624. The van der Waals surface area contributed by atoms with E-state index in [9.17, 15) is 4.79 Å². The molecular weight excluding hydrogens is 370 g/mol. The monoisotopic (exact) mass is 397 g/mol. The Morgan fingerprint density at radius 2 is 1.86 bits per heavy atom.